The minimum absolute atomic E-state index is 0.102. The van der Waals surface area contributed by atoms with Gasteiger partial charge >= 0.3 is 0 Å². The third kappa shape index (κ3) is 5.98. The van der Waals surface area contributed by atoms with E-state index >= 15 is 0 Å². The number of nitrogens with zero attached hydrogens (tertiary/aromatic N) is 6. The van der Waals surface area contributed by atoms with Gasteiger partial charge in [-0.15, -0.1) is 11.3 Å². The van der Waals surface area contributed by atoms with E-state index < -0.39 is 18.1 Å². The highest BCUT2D eigenvalue weighted by Crippen LogP contribution is 2.49. The molecule has 2 N–H and O–H groups in total. The number of aliphatic hydroxyl groups excluding tert-OH is 1. The number of ether oxygens (including phenoxy) is 1. The summed E-state index contributed by atoms with van der Waals surface area (Å²) in [6.07, 6.45) is 8.06. The normalized spacial score (nSPS) is 19.8. The van der Waals surface area contributed by atoms with Gasteiger partial charge in [0.15, 0.2) is 11.2 Å². The number of fused-ring (bicyclic) bond motifs is 2. The fourth-order valence-electron chi connectivity index (χ4n) is 7.44. The summed E-state index contributed by atoms with van der Waals surface area (Å²) in [5, 5.41) is 20.9. The summed E-state index contributed by atoms with van der Waals surface area (Å²) in [4.78, 5) is 24.9. The van der Waals surface area contributed by atoms with E-state index in [2.05, 4.69) is 20.2 Å². The number of anilines is 1. The van der Waals surface area contributed by atoms with Crippen LogP contribution in [0.1, 0.15) is 43.1 Å². The highest BCUT2D eigenvalue weighted by Gasteiger charge is 2.45. The Kier molecular flexibility index (Phi) is 8.40. The molecule has 1 saturated heterocycles. The first-order chi connectivity index (χ1) is 23.2. The molecule has 2 aromatic carbocycles. The molecule has 2 fully saturated rings. The minimum atomic E-state index is -1.05. The van der Waals surface area contributed by atoms with E-state index in [1.54, 1.807) is 34.7 Å². The number of piperidine rings is 1. The third-order valence-corrected chi connectivity index (χ3v) is 11.4. The first-order valence-electron chi connectivity index (χ1n) is 16.1. The smallest absolute Gasteiger partial charge is 0.257 e. The van der Waals surface area contributed by atoms with Gasteiger partial charge < -0.3 is 14.4 Å². The molecule has 5 aromatic rings. The van der Waals surface area contributed by atoms with Crippen molar-refractivity contribution in [3.8, 4) is 16.9 Å². The van der Waals surface area contributed by atoms with Crippen molar-refractivity contribution in [1.29, 1.82) is 0 Å². The van der Waals surface area contributed by atoms with E-state index in [9.17, 15) is 14.3 Å². The van der Waals surface area contributed by atoms with Gasteiger partial charge in [-0.1, -0.05) is 35.3 Å². The van der Waals surface area contributed by atoms with E-state index in [4.69, 9.17) is 33.0 Å². The second kappa shape index (κ2) is 12.7. The number of imidazole rings is 1. The van der Waals surface area contributed by atoms with Crippen molar-refractivity contribution in [3.63, 3.8) is 0 Å². The summed E-state index contributed by atoms with van der Waals surface area (Å²) in [7, 11) is 0. The van der Waals surface area contributed by atoms with Crippen LogP contribution < -0.4 is 10.1 Å². The van der Waals surface area contributed by atoms with Gasteiger partial charge in [0, 0.05) is 47.4 Å². The molecule has 250 valence electrons. The molecular weight excluding hydrogens is 676 g/mol. The molecule has 0 bridgehead atoms. The van der Waals surface area contributed by atoms with Crippen LogP contribution in [0.25, 0.3) is 22.0 Å². The van der Waals surface area contributed by atoms with Crippen molar-refractivity contribution in [1.82, 2.24) is 29.2 Å². The van der Waals surface area contributed by atoms with Crippen molar-refractivity contribution < 1.29 is 19.0 Å². The number of halogens is 3. The lowest BCUT2D eigenvalue weighted by Crippen LogP contribution is -2.49. The van der Waals surface area contributed by atoms with Gasteiger partial charge in [0.1, 0.15) is 24.0 Å². The van der Waals surface area contributed by atoms with Gasteiger partial charge in [-0.05, 0) is 68.0 Å². The Balaban J connectivity index is 1.01. The Morgan fingerprint density at radius 3 is 2.71 bits per heavy atom. The molecule has 2 aliphatic heterocycles. The minimum Gasteiger partial charge on any atom is -0.492 e. The molecule has 2 atom stereocenters. The number of likely N-dealkylation sites (tertiary alicyclic amines) is 1. The lowest BCUT2D eigenvalue weighted by atomic mass is 9.61. The number of carbonyl (C=O) groups excluding carboxylic acids is 1. The van der Waals surface area contributed by atoms with Gasteiger partial charge in [0.25, 0.3) is 5.91 Å². The highest BCUT2D eigenvalue weighted by molar-refractivity contribution is 7.13. The van der Waals surface area contributed by atoms with Crippen molar-refractivity contribution in [2.24, 2.45) is 5.41 Å². The van der Waals surface area contributed by atoms with Crippen LogP contribution in [-0.2, 0) is 17.8 Å². The van der Waals surface area contributed by atoms with Crippen molar-refractivity contribution in [2.75, 3.05) is 31.6 Å². The van der Waals surface area contributed by atoms with Gasteiger partial charge in [0.2, 0.25) is 0 Å². The Hall–Kier alpha value is -3.55. The van der Waals surface area contributed by atoms with E-state index in [-0.39, 0.29) is 19.1 Å². The standard InChI is InChI=1S/C34H34Cl2FN7O3S/c35-26-14-24(20-1-3-23(4-2-20)47-11-10-42-8-5-34(6-9-42)15-22(45)16-34)28(36)29-25(26)18-44(41-29)31(32(46)40-33-38-7-12-48-33)30-27-13-21(37)17-43(27)19-39-30/h1-4,7,12,14,18-19,21-22,31,45H,5-6,8-11,13,15-17H2,(H,38,40,46)/t21-,31-/m1/s1. The number of alkyl halides is 1. The number of amides is 1. The number of carbonyl (C=O) groups is 1. The summed E-state index contributed by atoms with van der Waals surface area (Å²) in [5.74, 6) is 0.353. The highest BCUT2D eigenvalue weighted by atomic mass is 35.5. The summed E-state index contributed by atoms with van der Waals surface area (Å²) < 4.78 is 23.7. The number of hydrogen-bond acceptors (Lipinski definition) is 8. The van der Waals surface area contributed by atoms with E-state index in [1.165, 1.54) is 16.0 Å². The van der Waals surface area contributed by atoms with Crippen LogP contribution in [0.5, 0.6) is 5.75 Å². The van der Waals surface area contributed by atoms with E-state index in [0.717, 1.165) is 56.6 Å². The van der Waals surface area contributed by atoms with E-state index in [1.807, 2.05) is 24.3 Å². The van der Waals surface area contributed by atoms with Crippen LogP contribution >= 0.6 is 34.5 Å². The summed E-state index contributed by atoms with van der Waals surface area (Å²) in [5.41, 5.74) is 3.42. The number of aromatic nitrogens is 5. The largest absolute Gasteiger partial charge is 0.492 e. The molecule has 14 heteroatoms. The van der Waals surface area contributed by atoms with Crippen molar-refractivity contribution in [3.05, 3.63) is 75.9 Å². The van der Waals surface area contributed by atoms with Crippen LogP contribution in [-0.4, -0.2) is 78.7 Å². The van der Waals surface area contributed by atoms with Gasteiger partial charge in [-0.3, -0.25) is 19.7 Å². The molecule has 3 aromatic heterocycles. The fourth-order valence-corrected chi connectivity index (χ4v) is 8.52. The maximum absolute atomic E-state index is 14.4. The Bertz CT molecular complexity index is 1950. The lowest BCUT2D eigenvalue weighted by Gasteiger charge is -2.50. The molecule has 1 saturated carbocycles. The average molecular weight is 711 g/mol. The van der Waals surface area contributed by atoms with Gasteiger partial charge in [-0.25, -0.2) is 14.4 Å². The average Bonchev–Trinajstić information content (AvgIpc) is 3.87. The molecule has 8 rings (SSSR count). The molecule has 1 amide bonds. The Morgan fingerprint density at radius 1 is 1.19 bits per heavy atom. The maximum Gasteiger partial charge on any atom is 0.257 e. The summed E-state index contributed by atoms with van der Waals surface area (Å²) >= 11 is 15.1. The predicted molar refractivity (Wildman–Crippen MR) is 184 cm³/mol. The second-order valence-corrected chi connectivity index (χ2v) is 14.8. The predicted octanol–water partition coefficient (Wildman–Crippen LogP) is 6.40. The third-order valence-electron chi connectivity index (χ3n) is 10.0. The maximum atomic E-state index is 14.4. The first-order valence-corrected chi connectivity index (χ1v) is 17.8. The zero-order valence-corrected chi connectivity index (χ0v) is 28.3. The Morgan fingerprint density at radius 2 is 1.98 bits per heavy atom. The van der Waals surface area contributed by atoms with Crippen molar-refractivity contribution >= 4 is 56.5 Å². The fraction of sp³-hybridized carbons (Fsp3) is 0.412. The number of hydrogen-bond donors (Lipinski definition) is 2. The van der Waals surface area contributed by atoms with Crippen molar-refractivity contribution in [2.45, 2.75) is 57.0 Å². The number of aliphatic hydroxyl groups is 1. The zero-order valence-electron chi connectivity index (χ0n) is 26.0. The van der Waals surface area contributed by atoms with Gasteiger partial charge in [-0.2, -0.15) is 5.10 Å². The van der Waals surface area contributed by atoms with Crippen LogP contribution in [0, 0.1) is 5.41 Å². The SMILES string of the molecule is O=C(Nc1nccs1)[C@@H](c1ncn2c1C[C@@H](F)C2)n1cc2c(Cl)cc(-c3ccc(OCCN4CCC5(CC4)CC(O)C5)cc3)c(Cl)c2n1. The van der Waals surface area contributed by atoms with Crippen LogP contribution in [0.2, 0.25) is 10.0 Å². The molecule has 48 heavy (non-hydrogen) atoms. The molecule has 1 aliphatic carbocycles. The molecule has 3 aliphatic rings. The zero-order chi connectivity index (χ0) is 33.0. The van der Waals surface area contributed by atoms with Crippen LogP contribution in [0.15, 0.2) is 54.4 Å². The molecule has 0 radical (unpaired) electrons. The first kappa shape index (κ1) is 31.7. The number of benzene rings is 2. The molecule has 10 nitrogen and oxygen atoms in total. The molecule has 0 unspecified atom stereocenters. The molecule has 5 heterocycles. The summed E-state index contributed by atoms with van der Waals surface area (Å²) in [6, 6.07) is 8.50. The second-order valence-electron chi connectivity index (χ2n) is 13.1. The topological polar surface area (TPSA) is 110 Å². The summed E-state index contributed by atoms with van der Waals surface area (Å²) in [6.45, 7) is 3.74. The van der Waals surface area contributed by atoms with Crippen LogP contribution in [0.4, 0.5) is 9.52 Å². The monoisotopic (exact) mass is 709 g/mol. The number of rotatable bonds is 9. The lowest BCUT2D eigenvalue weighted by molar-refractivity contribution is -0.118. The number of nitrogens with one attached hydrogen (secondary N) is 1. The van der Waals surface area contributed by atoms with Gasteiger partial charge in [0.05, 0.1) is 34.7 Å². The molecule has 1 spiro atoms. The number of thiazole rings is 1. The van der Waals surface area contributed by atoms with E-state index in [0.29, 0.717) is 55.1 Å². The van der Waals surface area contributed by atoms with Crippen LogP contribution in [0.3, 0.4) is 0 Å². The quantitative estimate of drug-likeness (QED) is 0.182. The molecular formula is C34H34Cl2FN7O3S. The Labute approximate surface area is 290 Å².